The fraction of sp³-hybridized carbons (Fsp3) is 0.667. The van der Waals surface area contributed by atoms with Gasteiger partial charge < -0.3 is 5.32 Å². The highest BCUT2D eigenvalue weighted by Gasteiger charge is 2.48. The maximum Gasteiger partial charge on any atom is 0.0294 e. The molecule has 1 heteroatoms. The summed E-state index contributed by atoms with van der Waals surface area (Å²) in [5, 5.41) is 3.98. The van der Waals surface area contributed by atoms with E-state index in [4.69, 9.17) is 0 Å². The van der Waals surface area contributed by atoms with Gasteiger partial charge in [-0.15, -0.1) is 0 Å². The summed E-state index contributed by atoms with van der Waals surface area (Å²) in [6.07, 6.45) is 7.57. The third-order valence-corrected chi connectivity index (χ3v) is 5.97. The van der Waals surface area contributed by atoms with Gasteiger partial charge in [0.2, 0.25) is 0 Å². The summed E-state index contributed by atoms with van der Waals surface area (Å²) >= 11 is 0. The Bertz CT molecular complexity index is 410. The minimum Gasteiger partial charge on any atom is -0.307 e. The number of rotatable bonds is 3. The van der Waals surface area contributed by atoms with E-state index >= 15 is 0 Å². The molecular formula is C18H25N. The predicted octanol–water partition coefficient (Wildman–Crippen LogP) is 4.16. The molecule has 0 saturated heterocycles. The summed E-state index contributed by atoms with van der Waals surface area (Å²) in [5.41, 5.74) is 1.44. The zero-order chi connectivity index (χ0) is 12.8. The lowest BCUT2D eigenvalue weighted by Gasteiger charge is -2.55. The second-order valence-electron chi connectivity index (χ2n) is 7.26. The van der Waals surface area contributed by atoms with Gasteiger partial charge in [-0.3, -0.25) is 0 Å². The topological polar surface area (TPSA) is 12.0 Å². The molecule has 4 aliphatic carbocycles. The van der Waals surface area contributed by atoms with Crippen LogP contribution in [0.25, 0.3) is 0 Å². The van der Waals surface area contributed by atoms with Gasteiger partial charge in [-0.1, -0.05) is 30.3 Å². The van der Waals surface area contributed by atoms with Gasteiger partial charge in [0.05, 0.1) is 0 Å². The van der Waals surface area contributed by atoms with Crippen molar-refractivity contribution in [3.8, 4) is 0 Å². The fourth-order valence-electron chi connectivity index (χ4n) is 5.32. The van der Waals surface area contributed by atoms with Crippen LogP contribution in [-0.4, -0.2) is 6.04 Å². The second kappa shape index (κ2) is 4.63. The zero-order valence-corrected chi connectivity index (χ0v) is 11.9. The van der Waals surface area contributed by atoms with Gasteiger partial charge in [-0.2, -0.15) is 0 Å². The Hall–Kier alpha value is -0.820. The van der Waals surface area contributed by atoms with Crippen molar-refractivity contribution < 1.29 is 0 Å². The van der Waals surface area contributed by atoms with Crippen LogP contribution in [0.1, 0.15) is 50.6 Å². The molecule has 1 nitrogen and oxygen atoms in total. The number of benzene rings is 1. The van der Waals surface area contributed by atoms with Crippen molar-refractivity contribution in [2.24, 2.45) is 23.7 Å². The van der Waals surface area contributed by atoms with Crippen molar-refractivity contribution in [2.75, 3.05) is 0 Å². The molecule has 4 fully saturated rings. The van der Waals surface area contributed by atoms with Crippen LogP contribution in [0.4, 0.5) is 0 Å². The lowest BCUT2D eigenvalue weighted by atomic mass is 9.54. The Labute approximate surface area is 116 Å². The molecule has 1 atom stereocenters. The standard InChI is InChI=1S/C18H25N/c1-12(15-5-3-2-4-6-15)19-18-16-8-13-7-14(10-16)11-17(18)9-13/h2-6,12-14,16-19H,7-11H2,1H3/t12-,13?,14?,16?,17?,18?/m0/s1. The van der Waals surface area contributed by atoms with Crippen LogP contribution in [0.2, 0.25) is 0 Å². The summed E-state index contributed by atoms with van der Waals surface area (Å²) in [7, 11) is 0. The molecule has 102 valence electrons. The molecule has 19 heavy (non-hydrogen) atoms. The molecule has 4 aliphatic rings. The van der Waals surface area contributed by atoms with Gasteiger partial charge in [0.25, 0.3) is 0 Å². The molecule has 0 heterocycles. The summed E-state index contributed by atoms with van der Waals surface area (Å²) < 4.78 is 0. The molecule has 0 unspecified atom stereocenters. The summed E-state index contributed by atoms with van der Waals surface area (Å²) in [6, 6.07) is 12.2. The maximum absolute atomic E-state index is 3.98. The van der Waals surface area contributed by atoms with Gasteiger partial charge in [-0.05, 0) is 68.3 Å². The van der Waals surface area contributed by atoms with Crippen molar-refractivity contribution in [3.05, 3.63) is 35.9 Å². The Morgan fingerprint density at radius 2 is 1.47 bits per heavy atom. The molecule has 0 radical (unpaired) electrons. The quantitative estimate of drug-likeness (QED) is 0.855. The summed E-state index contributed by atoms with van der Waals surface area (Å²) in [4.78, 5) is 0. The lowest BCUT2D eigenvalue weighted by molar-refractivity contribution is -0.0171. The van der Waals surface area contributed by atoms with E-state index in [1.807, 2.05) is 0 Å². The van der Waals surface area contributed by atoms with Crippen LogP contribution < -0.4 is 5.32 Å². The first-order valence-electron chi connectivity index (χ1n) is 8.10. The Balaban J connectivity index is 1.48. The van der Waals surface area contributed by atoms with Crippen LogP contribution >= 0.6 is 0 Å². The minimum atomic E-state index is 0.503. The first-order valence-corrected chi connectivity index (χ1v) is 8.10. The second-order valence-corrected chi connectivity index (χ2v) is 7.26. The van der Waals surface area contributed by atoms with Gasteiger partial charge in [0.1, 0.15) is 0 Å². The lowest BCUT2D eigenvalue weighted by Crippen LogP contribution is -2.54. The smallest absolute Gasteiger partial charge is 0.0294 e. The van der Waals surface area contributed by atoms with Crippen molar-refractivity contribution in [2.45, 2.75) is 51.1 Å². The third-order valence-electron chi connectivity index (χ3n) is 5.97. The minimum absolute atomic E-state index is 0.503. The highest BCUT2D eigenvalue weighted by Crippen LogP contribution is 2.54. The Kier molecular flexibility index (Phi) is 2.91. The summed E-state index contributed by atoms with van der Waals surface area (Å²) in [5.74, 6) is 4.10. The van der Waals surface area contributed by atoms with Crippen molar-refractivity contribution in [1.82, 2.24) is 5.32 Å². The fourth-order valence-corrected chi connectivity index (χ4v) is 5.32. The number of nitrogens with one attached hydrogen (secondary N) is 1. The zero-order valence-electron chi connectivity index (χ0n) is 11.9. The van der Waals surface area contributed by atoms with Crippen LogP contribution in [0, 0.1) is 23.7 Å². The van der Waals surface area contributed by atoms with Gasteiger partial charge in [0, 0.05) is 12.1 Å². The summed E-state index contributed by atoms with van der Waals surface area (Å²) in [6.45, 7) is 2.33. The van der Waals surface area contributed by atoms with E-state index in [9.17, 15) is 0 Å². The monoisotopic (exact) mass is 255 g/mol. The Morgan fingerprint density at radius 3 is 2.05 bits per heavy atom. The molecule has 5 rings (SSSR count). The molecule has 4 bridgehead atoms. The van der Waals surface area contributed by atoms with Crippen LogP contribution in [0.5, 0.6) is 0 Å². The van der Waals surface area contributed by atoms with E-state index in [1.165, 1.54) is 31.2 Å². The Morgan fingerprint density at radius 1 is 0.895 bits per heavy atom. The molecule has 0 aliphatic heterocycles. The average Bonchev–Trinajstić information content (AvgIpc) is 2.43. The molecule has 0 aromatic heterocycles. The first-order chi connectivity index (χ1) is 9.29. The van der Waals surface area contributed by atoms with E-state index in [0.29, 0.717) is 6.04 Å². The highest BCUT2D eigenvalue weighted by molar-refractivity contribution is 5.18. The third kappa shape index (κ3) is 2.12. The van der Waals surface area contributed by atoms with Gasteiger partial charge in [0.15, 0.2) is 0 Å². The predicted molar refractivity (Wildman–Crippen MR) is 78.8 cm³/mol. The molecular weight excluding hydrogens is 230 g/mol. The molecule has 1 aromatic rings. The first kappa shape index (κ1) is 12.0. The van der Waals surface area contributed by atoms with Crippen molar-refractivity contribution >= 4 is 0 Å². The molecule has 0 spiro atoms. The number of hydrogen-bond donors (Lipinski definition) is 1. The van der Waals surface area contributed by atoms with E-state index in [0.717, 1.165) is 29.7 Å². The molecule has 4 saturated carbocycles. The van der Waals surface area contributed by atoms with Crippen molar-refractivity contribution in [3.63, 3.8) is 0 Å². The van der Waals surface area contributed by atoms with Crippen LogP contribution in [0.15, 0.2) is 30.3 Å². The van der Waals surface area contributed by atoms with E-state index in [-0.39, 0.29) is 0 Å². The molecule has 1 aromatic carbocycles. The van der Waals surface area contributed by atoms with Gasteiger partial charge >= 0.3 is 0 Å². The van der Waals surface area contributed by atoms with E-state index < -0.39 is 0 Å². The molecule has 0 amide bonds. The van der Waals surface area contributed by atoms with Crippen LogP contribution in [-0.2, 0) is 0 Å². The van der Waals surface area contributed by atoms with Gasteiger partial charge in [-0.25, -0.2) is 0 Å². The molecule has 1 N–H and O–H groups in total. The maximum atomic E-state index is 3.98. The SMILES string of the molecule is C[C@H](NC1C2CC3CC(C2)CC1C3)c1ccccc1. The number of hydrogen-bond acceptors (Lipinski definition) is 1. The van der Waals surface area contributed by atoms with Crippen LogP contribution in [0.3, 0.4) is 0 Å². The van der Waals surface area contributed by atoms with Crippen molar-refractivity contribution in [1.29, 1.82) is 0 Å². The largest absolute Gasteiger partial charge is 0.307 e. The highest BCUT2D eigenvalue weighted by atomic mass is 15.0. The van der Waals surface area contributed by atoms with E-state index in [1.54, 1.807) is 6.42 Å². The normalized spacial score (nSPS) is 41.4. The van der Waals surface area contributed by atoms with E-state index in [2.05, 4.69) is 42.6 Å². The average molecular weight is 255 g/mol.